The molecule has 0 unspecified atom stereocenters. The number of aliphatic hydroxyl groups excluding tert-OH is 3. The highest BCUT2D eigenvalue weighted by Gasteiger charge is 2.55. The maximum Gasteiger partial charge on any atom is 0.238 e. The number of fused-ring (bicyclic) bond motifs is 1. The van der Waals surface area contributed by atoms with Crippen molar-refractivity contribution in [2.75, 3.05) is 30.5 Å². The molecule has 4 atom stereocenters. The fourth-order valence-corrected chi connectivity index (χ4v) is 7.50. The van der Waals surface area contributed by atoms with Crippen LogP contribution in [0.4, 0.5) is 17.1 Å². The number of hydrogen-bond donors (Lipinski definition) is 5. The number of imide groups is 1. The van der Waals surface area contributed by atoms with Crippen LogP contribution in [0.1, 0.15) is 44.6 Å². The van der Waals surface area contributed by atoms with E-state index in [2.05, 4.69) is 34.8 Å². The van der Waals surface area contributed by atoms with E-state index in [0.29, 0.717) is 39.0 Å². The molecule has 5 rings (SSSR count). The average molecular weight is 753 g/mol. The molecule has 0 aromatic heterocycles. The third kappa shape index (κ3) is 7.40. The molecule has 1 fully saturated rings. The van der Waals surface area contributed by atoms with Crippen LogP contribution in [0.15, 0.2) is 83.4 Å². The highest BCUT2D eigenvalue weighted by molar-refractivity contribution is 14.1. The lowest BCUT2D eigenvalue weighted by Gasteiger charge is -2.36. The van der Waals surface area contributed by atoms with E-state index in [9.17, 15) is 30.0 Å². The summed E-state index contributed by atoms with van der Waals surface area (Å²) in [5.41, 5.74) is 5.05. The van der Waals surface area contributed by atoms with Crippen LogP contribution in [0.2, 0.25) is 0 Å². The molecule has 1 saturated heterocycles. The maximum atomic E-state index is 13.9. The molecule has 2 amide bonds. The van der Waals surface area contributed by atoms with Gasteiger partial charge in [0, 0.05) is 17.3 Å². The van der Waals surface area contributed by atoms with Gasteiger partial charge >= 0.3 is 0 Å². The zero-order valence-electron chi connectivity index (χ0n) is 26.5. The zero-order valence-corrected chi connectivity index (χ0v) is 28.7. The number of anilines is 3. The predicted molar refractivity (Wildman–Crippen MR) is 190 cm³/mol. The zero-order chi connectivity index (χ0) is 33.7. The molecule has 5 N–H and O–H groups in total. The van der Waals surface area contributed by atoms with Crippen molar-refractivity contribution in [1.82, 2.24) is 0 Å². The number of nitrogens with one attached hydrogen (secondary N) is 1. The van der Waals surface area contributed by atoms with Crippen molar-refractivity contribution >= 4 is 57.5 Å². The van der Waals surface area contributed by atoms with Gasteiger partial charge in [0.2, 0.25) is 11.8 Å². The lowest BCUT2D eigenvalue weighted by atomic mass is 9.68. The van der Waals surface area contributed by atoms with Crippen LogP contribution in [-0.2, 0) is 9.59 Å². The molecule has 1 aliphatic carbocycles. The number of aromatic hydroxyl groups is 1. The fraction of sp³-hybridized carbons (Fsp3) is 0.351. The van der Waals surface area contributed by atoms with E-state index in [-0.39, 0.29) is 24.7 Å². The van der Waals surface area contributed by atoms with E-state index < -0.39 is 36.4 Å². The van der Waals surface area contributed by atoms with Crippen molar-refractivity contribution in [3.05, 3.63) is 92.6 Å². The monoisotopic (exact) mass is 752 g/mol. The van der Waals surface area contributed by atoms with Crippen molar-refractivity contribution in [2.45, 2.75) is 45.1 Å². The van der Waals surface area contributed by atoms with E-state index in [1.165, 1.54) is 12.0 Å². The first-order chi connectivity index (χ1) is 22.7. The van der Waals surface area contributed by atoms with Crippen LogP contribution in [0.5, 0.6) is 11.5 Å². The van der Waals surface area contributed by atoms with Gasteiger partial charge in [-0.05, 0) is 114 Å². The molecular formula is C37H41IN2O7. The summed E-state index contributed by atoms with van der Waals surface area (Å²) in [6, 6.07) is 20.3. The first kappa shape index (κ1) is 34.6. The van der Waals surface area contributed by atoms with Crippen molar-refractivity contribution in [3.8, 4) is 11.5 Å². The quantitative estimate of drug-likeness (QED) is 0.0793. The minimum Gasteiger partial charge on any atom is -0.504 e. The molecular weight excluding hydrogens is 711 g/mol. The molecule has 0 spiro atoms. The molecule has 3 aromatic carbocycles. The van der Waals surface area contributed by atoms with Crippen molar-refractivity contribution in [3.63, 3.8) is 0 Å². The number of para-hydroxylation sites is 1. The topological polar surface area (TPSA) is 140 Å². The molecule has 0 radical (unpaired) electrons. The van der Waals surface area contributed by atoms with Crippen LogP contribution >= 0.6 is 22.6 Å². The van der Waals surface area contributed by atoms with Crippen LogP contribution in [0.3, 0.4) is 0 Å². The van der Waals surface area contributed by atoms with Crippen molar-refractivity contribution in [1.29, 1.82) is 0 Å². The SMILES string of the molecule is CCC/C(=C\c1cc(I)c(O)c(OC)c1)CC[C@@H](O)C1=C(CO)C[C@H]2C(=O)N(c3ccc(Nc4ccccc4)cc3)C(=O)[C@H]2[C@H]1CO. The molecule has 1 aliphatic heterocycles. The molecule has 2 aliphatic rings. The van der Waals surface area contributed by atoms with E-state index in [4.69, 9.17) is 4.74 Å². The van der Waals surface area contributed by atoms with E-state index in [0.717, 1.165) is 35.4 Å². The highest BCUT2D eigenvalue weighted by atomic mass is 127. The second kappa shape index (κ2) is 15.5. The smallest absolute Gasteiger partial charge is 0.238 e. The number of ether oxygens (including phenoxy) is 1. The molecule has 47 heavy (non-hydrogen) atoms. The normalized spacial score (nSPS) is 20.4. The maximum absolute atomic E-state index is 13.9. The lowest BCUT2D eigenvalue weighted by molar-refractivity contribution is -0.123. The number of phenolic OH excluding ortho intramolecular Hbond substituents is 1. The van der Waals surface area contributed by atoms with Crippen molar-refractivity contribution < 1.29 is 34.8 Å². The Labute approximate surface area is 288 Å². The van der Waals surface area contributed by atoms with Gasteiger partial charge in [-0.3, -0.25) is 14.5 Å². The van der Waals surface area contributed by atoms with Crippen LogP contribution < -0.4 is 15.0 Å². The largest absolute Gasteiger partial charge is 0.504 e. The van der Waals surface area contributed by atoms with E-state index in [1.54, 1.807) is 30.3 Å². The number of benzene rings is 3. The van der Waals surface area contributed by atoms with Crippen LogP contribution in [-0.4, -0.2) is 58.7 Å². The fourth-order valence-electron chi connectivity index (χ4n) is 6.88. The predicted octanol–water partition coefficient (Wildman–Crippen LogP) is 6.18. The number of halogens is 1. The summed E-state index contributed by atoms with van der Waals surface area (Å²) >= 11 is 2.06. The number of rotatable bonds is 13. The first-order valence-corrected chi connectivity index (χ1v) is 17.0. The summed E-state index contributed by atoms with van der Waals surface area (Å²) in [4.78, 5) is 28.8. The number of phenols is 1. The van der Waals surface area contributed by atoms with E-state index in [1.807, 2.05) is 42.5 Å². The molecule has 10 heteroatoms. The number of methoxy groups -OCH3 is 1. The number of aliphatic hydroxyl groups is 3. The van der Waals surface area contributed by atoms with Crippen LogP contribution in [0.25, 0.3) is 6.08 Å². The number of carbonyl (C=O) groups excluding carboxylic acids is 2. The number of carbonyl (C=O) groups is 2. The number of nitrogens with zero attached hydrogens (tertiary/aromatic N) is 1. The Kier molecular flexibility index (Phi) is 11.4. The third-order valence-electron chi connectivity index (χ3n) is 9.07. The summed E-state index contributed by atoms with van der Waals surface area (Å²) in [7, 11) is 1.50. The van der Waals surface area contributed by atoms with E-state index >= 15 is 0 Å². The Morgan fingerprint density at radius 1 is 1.04 bits per heavy atom. The van der Waals surface area contributed by atoms with Gasteiger partial charge in [0.15, 0.2) is 11.5 Å². The van der Waals surface area contributed by atoms with Gasteiger partial charge in [0.05, 0.1) is 47.5 Å². The summed E-state index contributed by atoms with van der Waals surface area (Å²) in [6.45, 7) is 1.26. The summed E-state index contributed by atoms with van der Waals surface area (Å²) in [6.07, 6.45) is 3.66. The minimum absolute atomic E-state index is 0.0856. The van der Waals surface area contributed by atoms with Gasteiger partial charge in [-0.2, -0.15) is 0 Å². The summed E-state index contributed by atoms with van der Waals surface area (Å²) in [5.74, 6) is -2.69. The van der Waals surface area contributed by atoms with Gasteiger partial charge in [-0.1, -0.05) is 43.2 Å². The van der Waals surface area contributed by atoms with Crippen LogP contribution in [0, 0.1) is 21.3 Å². The molecule has 3 aromatic rings. The average Bonchev–Trinajstić information content (AvgIpc) is 3.33. The molecule has 248 valence electrons. The third-order valence-corrected chi connectivity index (χ3v) is 9.89. The molecule has 1 heterocycles. The Hall–Kier alpha value is -3.71. The van der Waals surface area contributed by atoms with Gasteiger partial charge in [0.25, 0.3) is 0 Å². The van der Waals surface area contributed by atoms with Crippen molar-refractivity contribution in [2.24, 2.45) is 17.8 Å². The second-order valence-corrected chi connectivity index (χ2v) is 13.2. The minimum atomic E-state index is -1.02. The summed E-state index contributed by atoms with van der Waals surface area (Å²) in [5, 5.41) is 46.0. The first-order valence-electron chi connectivity index (χ1n) is 15.9. The van der Waals surface area contributed by atoms with Gasteiger partial charge < -0.3 is 30.5 Å². The molecule has 9 nitrogen and oxygen atoms in total. The Morgan fingerprint density at radius 3 is 2.38 bits per heavy atom. The standard InChI is InChI=1S/C37H41IN2O7/c1-3-7-22(16-23-17-30(38)35(44)32(18-23)47-2)10-15-31(43)33-24(20-41)19-28-34(29(33)21-42)37(46)40(36(28)45)27-13-11-26(12-14-27)39-25-8-5-4-6-9-25/h4-6,8-9,11-14,16-18,28-29,31,34,39,41-44H,3,7,10,15,19-21H2,1-2H3/b22-16+/t28-,29+,31-,34-/m1/s1. The molecule has 0 saturated carbocycles. The highest BCUT2D eigenvalue weighted by Crippen LogP contribution is 2.47. The molecule has 0 bridgehead atoms. The van der Waals surface area contributed by atoms with Gasteiger partial charge in [-0.15, -0.1) is 0 Å². The number of amides is 2. The Balaban J connectivity index is 1.35. The number of allylic oxidation sites excluding steroid dienone is 1. The second-order valence-electron chi connectivity index (χ2n) is 12.1. The number of hydrogen-bond acceptors (Lipinski definition) is 8. The summed E-state index contributed by atoms with van der Waals surface area (Å²) < 4.78 is 5.97. The van der Waals surface area contributed by atoms with Gasteiger partial charge in [0.1, 0.15) is 0 Å². The van der Waals surface area contributed by atoms with Gasteiger partial charge in [-0.25, -0.2) is 0 Å². The Morgan fingerprint density at radius 2 is 1.74 bits per heavy atom. The Bertz CT molecular complexity index is 1660. The lowest BCUT2D eigenvalue weighted by Crippen LogP contribution is -2.39.